The number of amides is 3. The van der Waals surface area contributed by atoms with Crippen molar-refractivity contribution >= 4 is 46.9 Å². The summed E-state index contributed by atoms with van der Waals surface area (Å²) < 4.78 is 27.3. The molecule has 5 aromatic rings. The van der Waals surface area contributed by atoms with E-state index in [4.69, 9.17) is 23.7 Å². The minimum absolute atomic E-state index is 0.0357. The number of hydrogen-bond acceptors (Lipinski definition) is 9. The molecule has 5 aromatic carbocycles. The summed E-state index contributed by atoms with van der Waals surface area (Å²) >= 11 is 1.32. The molecule has 11 nitrogen and oxygen atoms in total. The Morgan fingerprint density at radius 1 is 0.712 bits per heavy atom. The maximum atomic E-state index is 13.9. The zero-order valence-electron chi connectivity index (χ0n) is 28.5. The van der Waals surface area contributed by atoms with Crippen LogP contribution in [0.2, 0.25) is 0 Å². The molecular weight excluding hydrogens is 683 g/mol. The van der Waals surface area contributed by atoms with Crippen molar-refractivity contribution in [1.29, 1.82) is 0 Å². The summed E-state index contributed by atoms with van der Waals surface area (Å²) in [4.78, 5) is 41.6. The molecule has 1 unspecified atom stereocenters. The molecule has 0 aliphatic carbocycles. The highest BCUT2D eigenvalue weighted by molar-refractivity contribution is 8.00. The molecule has 1 heterocycles. The van der Waals surface area contributed by atoms with Gasteiger partial charge in [-0.1, -0.05) is 54.6 Å². The Balaban J connectivity index is 1.26. The number of thioether (sulfide) groups is 1. The third kappa shape index (κ3) is 8.48. The van der Waals surface area contributed by atoms with Gasteiger partial charge in [0.2, 0.25) is 18.4 Å². The summed E-state index contributed by atoms with van der Waals surface area (Å²) in [6, 6.07) is 33.7. The van der Waals surface area contributed by atoms with Crippen LogP contribution in [0, 0.1) is 0 Å². The van der Waals surface area contributed by atoms with Gasteiger partial charge in [0.1, 0.15) is 10.9 Å². The van der Waals surface area contributed by atoms with E-state index in [-0.39, 0.29) is 18.4 Å². The van der Waals surface area contributed by atoms with E-state index in [2.05, 4.69) is 16.0 Å². The van der Waals surface area contributed by atoms with Crippen molar-refractivity contribution in [1.82, 2.24) is 5.32 Å². The Morgan fingerprint density at radius 2 is 1.38 bits per heavy atom. The Hall–Kier alpha value is -6.40. The molecule has 6 rings (SSSR count). The number of ether oxygens (including phenoxy) is 5. The normalized spacial score (nSPS) is 12.3. The second-order valence-electron chi connectivity index (χ2n) is 11.3. The highest BCUT2D eigenvalue weighted by Crippen LogP contribution is 2.40. The number of rotatable bonds is 13. The smallest absolute Gasteiger partial charge is 0.272 e. The van der Waals surface area contributed by atoms with E-state index in [0.717, 1.165) is 10.5 Å². The van der Waals surface area contributed by atoms with Crippen LogP contribution in [0.4, 0.5) is 11.4 Å². The minimum atomic E-state index is -0.641. The van der Waals surface area contributed by atoms with Crippen LogP contribution in [-0.4, -0.2) is 45.8 Å². The van der Waals surface area contributed by atoms with Gasteiger partial charge < -0.3 is 39.6 Å². The summed E-state index contributed by atoms with van der Waals surface area (Å²) in [6.07, 6.45) is 1.52. The van der Waals surface area contributed by atoms with E-state index in [1.54, 1.807) is 78.9 Å². The van der Waals surface area contributed by atoms with Crippen molar-refractivity contribution in [2.75, 3.05) is 38.8 Å². The summed E-state index contributed by atoms with van der Waals surface area (Å²) in [5.74, 6) is 1.01. The molecular formula is C40H35N3O8S. The highest BCUT2D eigenvalue weighted by Gasteiger charge is 2.24. The van der Waals surface area contributed by atoms with Crippen molar-refractivity contribution in [2.24, 2.45) is 0 Å². The summed E-state index contributed by atoms with van der Waals surface area (Å²) in [5, 5.41) is 8.00. The summed E-state index contributed by atoms with van der Waals surface area (Å²) in [6.45, 7) is 0.129. The molecule has 3 N–H and O–H groups in total. The van der Waals surface area contributed by atoms with Crippen molar-refractivity contribution in [3.05, 3.63) is 138 Å². The first-order valence-corrected chi connectivity index (χ1v) is 16.9. The standard InChI is InChI=1S/C40H35N3O8S/c1-47-34-20-25(21-35(48-2)36(34)49-3)19-31(43-38(44)27-13-8-5-9-14-27)39(45)41-28-15-10-16-30(22-28)52-37(26-11-6-4-7-12-26)40(46)42-29-17-18-32-33(23-29)51-24-50-32/h4-23,37H,24H2,1-3H3,(H,41,45)(H,42,46)(H,43,44)/b31-19+. The van der Waals surface area contributed by atoms with Gasteiger partial charge in [-0.05, 0) is 71.8 Å². The van der Waals surface area contributed by atoms with Gasteiger partial charge >= 0.3 is 0 Å². The number of hydrogen-bond donors (Lipinski definition) is 3. The molecule has 1 aliphatic heterocycles. The maximum Gasteiger partial charge on any atom is 0.272 e. The van der Waals surface area contributed by atoms with Crippen molar-refractivity contribution in [3.8, 4) is 28.7 Å². The first kappa shape index (κ1) is 35.4. The van der Waals surface area contributed by atoms with Crippen molar-refractivity contribution in [2.45, 2.75) is 10.1 Å². The van der Waals surface area contributed by atoms with Gasteiger partial charge in [-0.2, -0.15) is 0 Å². The molecule has 52 heavy (non-hydrogen) atoms. The number of fused-ring (bicyclic) bond motifs is 1. The fraction of sp³-hybridized carbons (Fsp3) is 0.125. The second kappa shape index (κ2) is 16.5. The van der Waals surface area contributed by atoms with Crippen LogP contribution in [-0.2, 0) is 9.59 Å². The molecule has 12 heteroatoms. The van der Waals surface area contributed by atoms with Gasteiger partial charge in [0.05, 0.1) is 21.3 Å². The molecule has 0 radical (unpaired) electrons. The summed E-state index contributed by atoms with van der Waals surface area (Å²) in [5.41, 5.74) is 2.65. The number of carbonyl (C=O) groups is 3. The fourth-order valence-corrected chi connectivity index (χ4v) is 6.44. The fourth-order valence-electron chi connectivity index (χ4n) is 5.36. The number of carbonyl (C=O) groups excluding carboxylic acids is 3. The lowest BCUT2D eigenvalue weighted by atomic mass is 10.1. The van der Waals surface area contributed by atoms with E-state index in [1.807, 2.05) is 36.4 Å². The molecule has 0 saturated carbocycles. The SMILES string of the molecule is COc1cc(/C=C(/NC(=O)c2ccccc2)C(=O)Nc2cccc(SC(C(=O)Nc3ccc4c(c3)OCO4)c3ccccc3)c2)cc(OC)c1OC. The van der Waals surface area contributed by atoms with Gasteiger partial charge in [0.25, 0.3) is 11.8 Å². The van der Waals surface area contributed by atoms with E-state index in [1.165, 1.54) is 39.2 Å². The minimum Gasteiger partial charge on any atom is -0.493 e. The lowest BCUT2D eigenvalue weighted by Gasteiger charge is -2.18. The topological polar surface area (TPSA) is 133 Å². The molecule has 264 valence electrons. The first-order valence-electron chi connectivity index (χ1n) is 16.1. The Labute approximate surface area is 304 Å². The van der Waals surface area contributed by atoms with Crippen molar-refractivity contribution in [3.63, 3.8) is 0 Å². The molecule has 3 amide bonds. The van der Waals surface area contributed by atoms with Crippen molar-refractivity contribution < 1.29 is 38.1 Å². The predicted molar refractivity (Wildman–Crippen MR) is 199 cm³/mol. The van der Waals surface area contributed by atoms with Crippen LogP contribution in [0.3, 0.4) is 0 Å². The third-order valence-corrected chi connectivity index (χ3v) is 9.10. The number of benzene rings is 5. The lowest BCUT2D eigenvalue weighted by molar-refractivity contribution is -0.116. The van der Waals surface area contributed by atoms with Crippen LogP contribution in [0.15, 0.2) is 126 Å². The molecule has 0 aromatic heterocycles. The van der Waals surface area contributed by atoms with E-state index < -0.39 is 17.1 Å². The predicted octanol–water partition coefficient (Wildman–Crippen LogP) is 7.32. The molecule has 1 atom stereocenters. The van der Waals surface area contributed by atoms with Crippen LogP contribution in [0.1, 0.15) is 26.7 Å². The quantitative estimate of drug-likeness (QED) is 0.0846. The zero-order chi connectivity index (χ0) is 36.5. The molecule has 1 aliphatic rings. The first-order chi connectivity index (χ1) is 25.3. The Morgan fingerprint density at radius 3 is 2.08 bits per heavy atom. The number of anilines is 2. The largest absolute Gasteiger partial charge is 0.493 e. The number of nitrogens with one attached hydrogen (secondary N) is 3. The average Bonchev–Trinajstić information content (AvgIpc) is 3.65. The molecule has 0 bridgehead atoms. The zero-order valence-corrected chi connectivity index (χ0v) is 29.3. The second-order valence-corrected chi connectivity index (χ2v) is 12.5. The van der Waals surface area contributed by atoms with Gasteiger partial charge in [-0.25, -0.2) is 0 Å². The maximum absolute atomic E-state index is 13.9. The van der Waals surface area contributed by atoms with E-state index in [0.29, 0.717) is 51.2 Å². The van der Waals surface area contributed by atoms with E-state index >= 15 is 0 Å². The highest BCUT2D eigenvalue weighted by atomic mass is 32.2. The van der Waals surface area contributed by atoms with E-state index in [9.17, 15) is 14.4 Å². The Bertz CT molecular complexity index is 2080. The van der Waals surface area contributed by atoms with Gasteiger partial charge in [0.15, 0.2) is 23.0 Å². The van der Waals surface area contributed by atoms with Crippen LogP contribution < -0.4 is 39.6 Å². The Kier molecular flexibility index (Phi) is 11.3. The summed E-state index contributed by atoms with van der Waals surface area (Å²) in [7, 11) is 4.48. The average molecular weight is 718 g/mol. The van der Waals surface area contributed by atoms with Crippen LogP contribution in [0.5, 0.6) is 28.7 Å². The van der Waals surface area contributed by atoms with Crippen LogP contribution in [0.25, 0.3) is 6.08 Å². The molecule has 0 saturated heterocycles. The number of methoxy groups -OCH3 is 3. The van der Waals surface area contributed by atoms with Gasteiger partial charge in [0, 0.05) is 27.9 Å². The third-order valence-electron chi connectivity index (χ3n) is 7.85. The van der Waals surface area contributed by atoms with Crippen LogP contribution >= 0.6 is 11.8 Å². The monoisotopic (exact) mass is 717 g/mol. The van der Waals surface area contributed by atoms with Gasteiger partial charge in [-0.15, -0.1) is 11.8 Å². The molecule has 0 spiro atoms. The van der Waals surface area contributed by atoms with Gasteiger partial charge in [-0.3, -0.25) is 14.4 Å². The lowest BCUT2D eigenvalue weighted by Crippen LogP contribution is -2.30. The molecule has 0 fully saturated rings.